The first-order chi connectivity index (χ1) is 6.66. The lowest BCUT2D eigenvalue weighted by Gasteiger charge is -2.03. The van der Waals surface area contributed by atoms with Gasteiger partial charge in [-0.1, -0.05) is 0 Å². The molecule has 0 aliphatic carbocycles. The van der Waals surface area contributed by atoms with Crippen LogP contribution >= 0.6 is 0 Å². The maximum atomic E-state index is 11.1. The van der Waals surface area contributed by atoms with Gasteiger partial charge in [-0.15, -0.1) is 0 Å². The van der Waals surface area contributed by atoms with E-state index in [0.717, 1.165) is 0 Å². The summed E-state index contributed by atoms with van der Waals surface area (Å²) in [6.07, 6.45) is 0.0354. The highest BCUT2D eigenvalue weighted by molar-refractivity contribution is 4.82. The van der Waals surface area contributed by atoms with Gasteiger partial charge in [-0.2, -0.15) is 4.68 Å². The van der Waals surface area contributed by atoms with Crippen LogP contribution in [0, 0.1) is 0 Å². The molecular formula is C6H8N4O4. The molecule has 2 rings (SSSR count). The van der Waals surface area contributed by atoms with Gasteiger partial charge in [-0.05, 0) is 0 Å². The molecule has 1 aromatic heterocycles. The van der Waals surface area contributed by atoms with E-state index in [1.165, 1.54) is 0 Å². The lowest BCUT2D eigenvalue weighted by Crippen LogP contribution is -2.48. The van der Waals surface area contributed by atoms with Crippen molar-refractivity contribution in [2.75, 3.05) is 18.6 Å². The van der Waals surface area contributed by atoms with Crippen molar-refractivity contribution in [1.29, 1.82) is 0 Å². The van der Waals surface area contributed by atoms with Crippen molar-refractivity contribution < 1.29 is 4.74 Å². The summed E-state index contributed by atoms with van der Waals surface area (Å²) >= 11 is 0. The van der Waals surface area contributed by atoms with Crippen LogP contribution in [-0.2, 0) is 4.74 Å². The van der Waals surface area contributed by atoms with E-state index >= 15 is 0 Å². The van der Waals surface area contributed by atoms with Gasteiger partial charge < -0.3 is 10.2 Å². The fourth-order valence-electron chi connectivity index (χ4n) is 0.952. The first-order valence-electron chi connectivity index (χ1n) is 3.98. The molecule has 8 heteroatoms. The number of aromatic amines is 2. The summed E-state index contributed by atoms with van der Waals surface area (Å²) in [6.45, 7) is 0.970. The van der Waals surface area contributed by atoms with Gasteiger partial charge >= 0.3 is 17.1 Å². The Balaban J connectivity index is 2.27. The molecule has 1 aliphatic rings. The minimum atomic E-state index is -0.819. The fourth-order valence-corrected chi connectivity index (χ4v) is 0.952. The number of ether oxygens (including phenoxy) is 1. The quantitative estimate of drug-likeness (QED) is 0.455. The Morgan fingerprint density at radius 1 is 1.36 bits per heavy atom. The highest BCUT2D eigenvalue weighted by Gasteiger charge is 2.22. The SMILES string of the molecule is O=c1[nH]c(=O)n(NCC2CO2)c(=O)[nH]1. The number of aromatic nitrogens is 3. The van der Waals surface area contributed by atoms with Gasteiger partial charge in [0.15, 0.2) is 0 Å². The minimum absolute atomic E-state index is 0.0354. The predicted molar refractivity (Wildman–Crippen MR) is 45.9 cm³/mol. The fraction of sp³-hybridized carbons (Fsp3) is 0.500. The van der Waals surface area contributed by atoms with Gasteiger partial charge in [0.1, 0.15) is 0 Å². The number of nitrogens with one attached hydrogen (secondary N) is 3. The number of nitrogens with zero attached hydrogens (tertiary/aromatic N) is 1. The van der Waals surface area contributed by atoms with Crippen molar-refractivity contribution in [1.82, 2.24) is 14.6 Å². The van der Waals surface area contributed by atoms with Crippen molar-refractivity contribution in [3.05, 3.63) is 31.5 Å². The van der Waals surface area contributed by atoms with Crippen molar-refractivity contribution in [2.24, 2.45) is 0 Å². The summed E-state index contributed by atoms with van der Waals surface area (Å²) < 4.78 is 5.57. The van der Waals surface area contributed by atoms with Gasteiger partial charge in [0.05, 0.1) is 19.3 Å². The van der Waals surface area contributed by atoms with E-state index in [-0.39, 0.29) is 6.10 Å². The van der Waals surface area contributed by atoms with Crippen LogP contribution in [0.4, 0.5) is 0 Å². The second kappa shape index (κ2) is 3.14. The molecule has 0 amide bonds. The van der Waals surface area contributed by atoms with Crippen molar-refractivity contribution >= 4 is 0 Å². The zero-order chi connectivity index (χ0) is 10.1. The third-order valence-corrected chi connectivity index (χ3v) is 1.73. The molecule has 8 nitrogen and oxygen atoms in total. The highest BCUT2D eigenvalue weighted by Crippen LogP contribution is 2.05. The highest BCUT2D eigenvalue weighted by atomic mass is 16.6. The molecule has 1 fully saturated rings. The molecule has 0 saturated carbocycles. The topological polar surface area (TPSA) is 112 Å². The summed E-state index contributed by atoms with van der Waals surface area (Å²) in [5.74, 6) is 0. The van der Waals surface area contributed by atoms with Crippen LogP contribution in [0.2, 0.25) is 0 Å². The molecule has 1 atom stereocenters. The van der Waals surface area contributed by atoms with Crippen molar-refractivity contribution in [2.45, 2.75) is 6.10 Å². The van der Waals surface area contributed by atoms with Crippen LogP contribution < -0.4 is 22.5 Å². The largest absolute Gasteiger partial charge is 0.371 e. The Hall–Kier alpha value is -1.83. The third-order valence-electron chi connectivity index (χ3n) is 1.73. The van der Waals surface area contributed by atoms with Gasteiger partial charge in [-0.3, -0.25) is 9.97 Å². The van der Waals surface area contributed by atoms with Crippen LogP contribution in [0.1, 0.15) is 0 Å². The van der Waals surface area contributed by atoms with Gasteiger partial charge in [0.25, 0.3) is 0 Å². The van der Waals surface area contributed by atoms with Gasteiger partial charge in [-0.25, -0.2) is 14.4 Å². The van der Waals surface area contributed by atoms with Crippen molar-refractivity contribution in [3.63, 3.8) is 0 Å². The zero-order valence-electron chi connectivity index (χ0n) is 7.07. The average Bonchev–Trinajstić information content (AvgIpc) is 2.85. The number of hydrogen-bond donors (Lipinski definition) is 3. The molecule has 1 aliphatic heterocycles. The minimum Gasteiger partial charge on any atom is -0.371 e. The molecule has 14 heavy (non-hydrogen) atoms. The summed E-state index contributed by atoms with van der Waals surface area (Å²) in [6, 6.07) is 0. The van der Waals surface area contributed by atoms with Crippen molar-refractivity contribution in [3.8, 4) is 0 Å². The molecule has 76 valence electrons. The van der Waals surface area contributed by atoms with E-state index < -0.39 is 17.1 Å². The summed E-state index contributed by atoms with van der Waals surface area (Å²) in [7, 11) is 0. The Kier molecular flexibility index (Phi) is 1.97. The predicted octanol–water partition coefficient (Wildman–Crippen LogP) is -2.83. The second-order valence-corrected chi connectivity index (χ2v) is 2.84. The number of epoxide rings is 1. The summed E-state index contributed by atoms with van der Waals surface area (Å²) in [5, 5.41) is 0. The molecule has 1 aromatic rings. The average molecular weight is 200 g/mol. The maximum absolute atomic E-state index is 11.1. The second-order valence-electron chi connectivity index (χ2n) is 2.84. The van der Waals surface area contributed by atoms with E-state index in [1.54, 1.807) is 0 Å². The van der Waals surface area contributed by atoms with Crippen LogP contribution in [0.3, 0.4) is 0 Å². The van der Waals surface area contributed by atoms with E-state index in [2.05, 4.69) is 5.43 Å². The van der Waals surface area contributed by atoms with E-state index in [0.29, 0.717) is 17.8 Å². The first kappa shape index (κ1) is 8.75. The maximum Gasteiger partial charge on any atom is 0.352 e. The van der Waals surface area contributed by atoms with Gasteiger partial charge in [0.2, 0.25) is 0 Å². The Labute approximate surface area is 76.5 Å². The van der Waals surface area contributed by atoms with Crippen LogP contribution in [0.5, 0.6) is 0 Å². The molecule has 0 aromatic carbocycles. The first-order valence-corrected chi connectivity index (χ1v) is 3.98. The molecule has 2 heterocycles. The Bertz CT molecular complexity index is 459. The molecule has 3 N–H and O–H groups in total. The standard InChI is InChI=1S/C6H8N4O4/c11-4-8-5(12)10(6(13)9-4)7-1-3-2-14-3/h3,7H,1-2H2,(H2,8,9,11,12,13). The van der Waals surface area contributed by atoms with E-state index in [1.807, 2.05) is 9.97 Å². The third kappa shape index (κ3) is 1.74. The monoisotopic (exact) mass is 200 g/mol. The molecule has 0 spiro atoms. The molecule has 1 unspecified atom stereocenters. The molecular weight excluding hydrogens is 192 g/mol. The number of H-pyrrole nitrogens is 2. The summed E-state index contributed by atoms with van der Waals surface area (Å²) in [5.41, 5.74) is 0.132. The summed E-state index contributed by atoms with van der Waals surface area (Å²) in [4.78, 5) is 36.6. The lowest BCUT2D eigenvalue weighted by atomic mass is 10.5. The molecule has 1 saturated heterocycles. The van der Waals surface area contributed by atoms with Crippen LogP contribution in [0.25, 0.3) is 0 Å². The van der Waals surface area contributed by atoms with Crippen LogP contribution in [-0.4, -0.2) is 33.9 Å². The zero-order valence-corrected chi connectivity index (χ0v) is 7.07. The number of hydrogen-bond acceptors (Lipinski definition) is 5. The normalized spacial score (nSPS) is 19.3. The lowest BCUT2D eigenvalue weighted by molar-refractivity contribution is 0.410. The van der Waals surface area contributed by atoms with E-state index in [9.17, 15) is 14.4 Å². The van der Waals surface area contributed by atoms with E-state index in [4.69, 9.17) is 4.74 Å². The Morgan fingerprint density at radius 2 is 1.93 bits per heavy atom. The van der Waals surface area contributed by atoms with Gasteiger partial charge in [0, 0.05) is 0 Å². The Morgan fingerprint density at radius 3 is 2.43 bits per heavy atom. The molecule has 0 bridgehead atoms. The number of rotatable bonds is 3. The van der Waals surface area contributed by atoms with Crippen LogP contribution in [0.15, 0.2) is 14.4 Å². The molecule has 0 radical (unpaired) electrons. The smallest absolute Gasteiger partial charge is 0.352 e.